The van der Waals surface area contributed by atoms with E-state index in [-0.39, 0.29) is 11.8 Å². The monoisotopic (exact) mass is 334 g/mol. The van der Waals surface area contributed by atoms with Crippen molar-refractivity contribution in [2.75, 3.05) is 7.05 Å². The summed E-state index contributed by atoms with van der Waals surface area (Å²) in [4.78, 5) is 28.8. The number of rotatable bonds is 4. The minimum absolute atomic E-state index is 0.160. The van der Waals surface area contributed by atoms with Crippen molar-refractivity contribution in [3.63, 3.8) is 0 Å². The number of amides is 2. The molecule has 0 saturated heterocycles. The number of fused-ring (bicyclic) bond motifs is 1. The van der Waals surface area contributed by atoms with Crippen molar-refractivity contribution in [1.29, 1.82) is 0 Å². The molecule has 126 valence electrons. The zero-order chi connectivity index (χ0) is 17.8. The van der Waals surface area contributed by atoms with Gasteiger partial charge in [-0.25, -0.2) is 0 Å². The second kappa shape index (κ2) is 7.05. The van der Waals surface area contributed by atoms with Crippen LogP contribution in [0.5, 0.6) is 5.75 Å². The molecule has 3 rings (SSSR count). The summed E-state index contributed by atoms with van der Waals surface area (Å²) in [5.41, 5.74) is 4.56. The third-order valence-corrected chi connectivity index (χ3v) is 3.84. The molecule has 0 aliphatic carbocycles. The maximum absolute atomic E-state index is 11.9. The zero-order valence-corrected chi connectivity index (χ0v) is 14.0. The average molecular weight is 334 g/mol. The molecular formula is C20H18N2O3. The summed E-state index contributed by atoms with van der Waals surface area (Å²) in [6, 6.07) is 18.9. The van der Waals surface area contributed by atoms with E-state index in [1.807, 2.05) is 48.5 Å². The lowest BCUT2D eigenvalue weighted by Crippen LogP contribution is -2.24. The third kappa shape index (κ3) is 3.45. The van der Waals surface area contributed by atoms with E-state index in [1.54, 1.807) is 19.2 Å². The van der Waals surface area contributed by atoms with Gasteiger partial charge in [0.25, 0.3) is 5.91 Å². The van der Waals surface area contributed by atoms with Gasteiger partial charge in [0.1, 0.15) is 0 Å². The van der Waals surface area contributed by atoms with Crippen molar-refractivity contribution in [2.24, 2.45) is 0 Å². The number of hydroxylamine groups is 1. The van der Waals surface area contributed by atoms with Gasteiger partial charge in [0.2, 0.25) is 5.91 Å². The SMILES string of the molecule is CNC(=O)c1cccc(-c2ccc3ccccc3c2ONC(C)=O)c1. The fourth-order valence-electron chi connectivity index (χ4n) is 2.68. The first-order valence-electron chi connectivity index (χ1n) is 7.88. The van der Waals surface area contributed by atoms with E-state index >= 15 is 0 Å². The number of nitrogens with one attached hydrogen (secondary N) is 2. The number of hydrogen-bond donors (Lipinski definition) is 2. The van der Waals surface area contributed by atoms with Crippen molar-refractivity contribution >= 4 is 22.6 Å². The van der Waals surface area contributed by atoms with Crippen LogP contribution in [0.25, 0.3) is 21.9 Å². The van der Waals surface area contributed by atoms with Crippen LogP contribution >= 0.6 is 0 Å². The molecule has 0 fully saturated rings. The smallest absolute Gasteiger partial charge is 0.251 e. The minimum Gasteiger partial charge on any atom is -0.378 e. The van der Waals surface area contributed by atoms with Crippen LogP contribution in [-0.4, -0.2) is 18.9 Å². The molecule has 0 aliphatic rings. The van der Waals surface area contributed by atoms with Gasteiger partial charge in [-0.05, 0) is 29.1 Å². The Morgan fingerprint density at radius 1 is 0.960 bits per heavy atom. The molecule has 2 amide bonds. The van der Waals surface area contributed by atoms with Crippen molar-refractivity contribution in [2.45, 2.75) is 6.92 Å². The van der Waals surface area contributed by atoms with E-state index < -0.39 is 0 Å². The lowest BCUT2D eigenvalue weighted by Gasteiger charge is -2.14. The topological polar surface area (TPSA) is 67.4 Å². The second-order valence-corrected chi connectivity index (χ2v) is 5.58. The summed E-state index contributed by atoms with van der Waals surface area (Å²) in [6.45, 7) is 1.39. The Morgan fingerprint density at radius 2 is 1.76 bits per heavy atom. The molecule has 0 atom stereocenters. The molecular weight excluding hydrogens is 316 g/mol. The van der Waals surface area contributed by atoms with Gasteiger partial charge in [-0.2, -0.15) is 5.48 Å². The van der Waals surface area contributed by atoms with Gasteiger partial charge >= 0.3 is 0 Å². The van der Waals surface area contributed by atoms with Gasteiger partial charge in [-0.3, -0.25) is 9.59 Å². The normalized spacial score (nSPS) is 10.3. The highest BCUT2D eigenvalue weighted by molar-refractivity contribution is 5.98. The molecule has 0 unspecified atom stereocenters. The molecule has 0 heterocycles. The third-order valence-electron chi connectivity index (χ3n) is 3.84. The van der Waals surface area contributed by atoms with Gasteiger partial charge in [0.05, 0.1) is 0 Å². The molecule has 25 heavy (non-hydrogen) atoms. The molecule has 0 saturated carbocycles. The fourth-order valence-corrected chi connectivity index (χ4v) is 2.68. The summed E-state index contributed by atoms with van der Waals surface area (Å²) >= 11 is 0. The molecule has 0 bridgehead atoms. The molecule has 0 aromatic heterocycles. The van der Waals surface area contributed by atoms with E-state index in [1.165, 1.54) is 6.92 Å². The van der Waals surface area contributed by atoms with E-state index in [0.29, 0.717) is 11.3 Å². The van der Waals surface area contributed by atoms with Crippen molar-refractivity contribution in [3.8, 4) is 16.9 Å². The number of carbonyl (C=O) groups excluding carboxylic acids is 2. The highest BCUT2D eigenvalue weighted by Crippen LogP contribution is 2.36. The van der Waals surface area contributed by atoms with Crippen LogP contribution in [0.15, 0.2) is 60.7 Å². The second-order valence-electron chi connectivity index (χ2n) is 5.58. The quantitative estimate of drug-likeness (QED) is 0.720. The first-order valence-corrected chi connectivity index (χ1v) is 7.88. The molecule has 3 aromatic rings. The molecule has 2 N–H and O–H groups in total. The van der Waals surface area contributed by atoms with Crippen LogP contribution in [0.4, 0.5) is 0 Å². The van der Waals surface area contributed by atoms with Gasteiger partial charge in [0.15, 0.2) is 5.75 Å². The molecule has 3 aromatic carbocycles. The standard InChI is InChI=1S/C20H18N2O3/c1-13(23)22-25-19-17-9-4-3-6-14(17)10-11-18(19)15-7-5-8-16(12-15)20(24)21-2/h3-12H,1-2H3,(H,21,24)(H,22,23). The molecule has 5 heteroatoms. The average Bonchev–Trinajstić information content (AvgIpc) is 2.65. The van der Waals surface area contributed by atoms with Crippen LogP contribution in [0.3, 0.4) is 0 Å². The Kier molecular flexibility index (Phi) is 4.66. The number of hydrogen-bond acceptors (Lipinski definition) is 3. The minimum atomic E-state index is -0.294. The van der Waals surface area contributed by atoms with Gasteiger partial charge in [-0.1, -0.05) is 42.5 Å². The largest absolute Gasteiger partial charge is 0.378 e. The Hall–Kier alpha value is -3.34. The van der Waals surface area contributed by atoms with Crippen molar-refractivity contribution in [1.82, 2.24) is 10.8 Å². The highest BCUT2D eigenvalue weighted by Gasteiger charge is 2.14. The lowest BCUT2D eigenvalue weighted by atomic mass is 9.98. The Labute approximate surface area is 145 Å². The van der Waals surface area contributed by atoms with E-state index in [4.69, 9.17) is 4.84 Å². The predicted molar refractivity (Wildman–Crippen MR) is 97.2 cm³/mol. The van der Waals surface area contributed by atoms with Crippen LogP contribution in [-0.2, 0) is 4.79 Å². The van der Waals surface area contributed by atoms with Gasteiger partial charge in [0, 0.05) is 30.5 Å². The maximum Gasteiger partial charge on any atom is 0.251 e. The number of benzene rings is 3. The van der Waals surface area contributed by atoms with Gasteiger partial charge in [-0.15, -0.1) is 0 Å². The van der Waals surface area contributed by atoms with Crippen LogP contribution in [0.1, 0.15) is 17.3 Å². The summed E-state index contributed by atoms with van der Waals surface area (Å²) in [6.07, 6.45) is 0. The summed E-state index contributed by atoms with van der Waals surface area (Å²) in [5, 5.41) is 4.49. The first-order chi connectivity index (χ1) is 12.1. The Morgan fingerprint density at radius 3 is 2.52 bits per heavy atom. The Bertz CT molecular complexity index is 951. The van der Waals surface area contributed by atoms with Crippen molar-refractivity contribution < 1.29 is 14.4 Å². The van der Waals surface area contributed by atoms with Crippen LogP contribution in [0, 0.1) is 0 Å². The molecule has 0 spiro atoms. The molecule has 5 nitrogen and oxygen atoms in total. The lowest BCUT2D eigenvalue weighted by molar-refractivity contribution is -0.125. The van der Waals surface area contributed by atoms with E-state index in [9.17, 15) is 9.59 Å². The summed E-state index contributed by atoms with van der Waals surface area (Å²) in [5.74, 6) is 0.0901. The zero-order valence-electron chi connectivity index (χ0n) is 14.0. The van der Waals surface area contributed by atoms with E-state index in [0.717, 1.165) is 21.9 Å². The van der Waals surface area contributed by atoms with E-state index in [2.05, 4.69) is 10.8 Å². The maximum atomic E-state index is 11.9. The van der Waals surface area contributed by atoms with Crippen LogP contribution in [0.2, 0.25) is 0 Å². The highest BCUT2D eigenvalue weighted by atomic mass is 16.7. The summed E-state index contributed by atoms with van der Waals surface area (Å²) in [7, 11) is 1.59. The fraction of sp³-hybridized carbons (Fsp3) is 0.100. The van der Waals surface area contributed by atoms with Gasteiger partial charge < -0.3 is 10.2 Å². The molecule has 0 radical (unpaired) electrons. The summed E-state index contributed by atoms with van der Waals surface area (Å²) < 4.78 is 0. The van der Waals surface area contributed by atoms with Crippen molar-refractivity contribution in [3.05, 3.63) is 66.2 Å². The Balaban J connectivity index is 2.16. The first kappa shape index (κ1) is 16.5. The van der Waals surface area contributed by atoms with Crippen LogP contribution < -0.4 is 15.6 Å². The molecule has 0 aliphatic heterocycles. The predicted octanol–water partition coefficient (Wildman–Crippen LogP) is 3.30. The number of carbonyl (C=O) groups is 2.